The van der Waals surface area contributed by atoms with Crippen molar-refractivity contribution in [1.29, 1.82) is 0 Å². The first kappa shape index (κ1) is 14.0. The average molecular weight is 253 g/mol. The number of allylic oxidation sites excluding steroid dienone is 1. The van der Waals surface area contributed by atoms with E-state index in [2.05, 4.69) is 23.3 Å². The molecule has 2 unspecified atom stereocenters. The fourth-order valence-corrected chi connectivity index (χ4v) is 3.05. The van der Waals surface area contributed by atoms with Gasteiger partial charge in [-0.25, -0.2) is 0 Å². The van der Waals surface area contributed by atoms with E-state index in [0.717, 1.165) is 26.2 Å². The van der Waals surface area contributed by atoms with Crippen molar-refractivity contribution in [2.75, 3.05) is 26.2 Å². The summed E-state index contributed by atoms with van der Waals surface area (Å²) in [5.74, 6) is 5.76. The average Bonchev–Trinajstić information content (AvgIpc) is 2.42. The Labute approximate surface area is 111 Å². The van der Waals surface area contributed by atoms with Gasteiger partial charge < -0.3 is 4.74 Å². The molecule has 0 aromatic rings. The number of ether oxygens (including phenoxy) is 1. The van der Waals surface area contributed by atoms with Crippen LogP contribution in [0.4, 0.5) is 0 Å². The minimum Gasteiger partial charge on any atom is -0.374 e. The second-order valence-corrected chi connectivity index (χ2v) is 5.38. The molecule has 1 aliphatic carbocycles. The first-order valence-electron chi connectivity index (χ1n) is 7.34. The Bertz CT molecular complexity index is 278. The number of nitrogens with zero attached hydrogens (tertiary/aromatic N) is 1. The van der Waals surface area contributed by atoms with Crippen molar-refractivity contribution in [3.63, 3.8) is 0 Å². The third-order valence-corrected chi connectivity index (χ3v) is 3.99. The van der Waals surface area contributed by atoms with Crippen LogP contribution in [0.1, 0.15) is 39.0 Å². The first-order chi connectivity index (χ1) is 8.85. The van der Waals surface area contributed by atoms with Crippen molar-refractivity contribution in [2.45, 2.75) is 51.2 Å². The normalized spacial score (nSPS) is 27.9. The van der Waals surface area contributed by atoms with Gasteiger partial charge in [0, 0.05) is 13.1 Å². The van der Waals surface area contributed by atoms with Crippen LogP contribution >= 0.6 is 0 Å². The molecule has 1 fully saturated rings. The van der Waals surface area contributed by atoms with Crippen LogP contribution < -0.4 is 11.3 Å². The molecule has 2 rings (SSSR count). The molecule has 1 aliphatic heterocycles. The zero-order chi connectivity index (χ0) is 12.8. The summed E-state index contributed by atoms with van der Waals surface area (Å²) in [4.78, 5) is 2.49. The van der Waals surface area contributed by atoms with Gasteiger partial charge in [-0.1, -0.05) is 18.6 Å². The zero-order valence-electron chi connectivity index (χ0n) is 11.5. The molecule has 0 amide bonds. The van der Waals surface area contributed by atoms with E-state index in [-0.39, 0.29) is 12.1 Å². The van der Waals surface area contributed by atoms with E-state index in [1.807, 2.05) is 0 Å². The molecular formula is C14H27N3O. The lowest BCUT2D eigenvalue weighted by atomic mass is 9.90. The largest absolute Gasteiger partial charge is 0.374 e. The molecule has 4 nitrogen and oxygen atoms in total. The van der Waals surface area contributed by atoms with Gasteiger partial charge in [-0.2, -0.15) is 0 Å². The molecular weight excluding hydrogens is 226 g/mol. The maximum atomic E-state index is 5.94. The third kappa shape index (κ3) is 3.54. The summed E-state index contributed by atoms with van der Waals surface area (Å²) in [6.07, 6.45) is 8.73. The number of nitrogens with two attached hydrogens (primary N) is 1. The van der Waals surface area contributed by atoms with E-state index in [9.17, 15) is 0 Å². The van der Waals surface area contributed by atoms with Crippen LogP contribution in [0.15, 0.2) is 11.6 Å². The summed E-state index contributed by atoms with van der Waals surface area (Å²) in [5.41, 5.74) is 4.44. The topological polar surface area (TPSA) is 50.5 Å². The third-order valence-electron chi connectivity index (χ3n) is 3.99. The Morgan fingerprint density at radius 2 is 2.44 bits per heavy atom. The van der Waals surface area contributed by atoms with Gasteiger partial charge in [0.1, 0.15) is 0 Å². The van der Waals surface area contributed by atoms with Gasteiger partial charge in [0.25, 0.3) is 0 Å². The van der Waals surface area contributed by atoms with Gasteiger partial charge in [0.15, 0.2) is 0 Å². The Hall–Kier alpha value is -0.420. The smallest absolute Gasteiger partial charge is 0.0906 e. The molecule has 1 saturated heterocycles. The van der Waals surface area contributed by atoms with Gasteiger partial charge in [0.05, 0.1) is 18.8 Å². The summed E-state index contributed by atoms with van der Waals surface area (Å²) in [7, 11) is 0. The van der Waals surface area contributed by atoms with Gasteiger partial charge in [-0.15, -0.1) is 0 Å². The van der Waals surface area contributed by atoms with Crippen molar-refractivity contribution in [3.8, 4) is 0 Å². The van der Waals surface area contributed by atoms with Gasteiger partial charge in [0.2, 0.25) is 0 Å². The van der Waals surface area contributed by atoms with Crippen LogP contribution in [-0.2, 0) is 4.74 Å². The van der Waals surface area contributed by atoms with Gasteiger partial charge >= 0.3 is 0 Å². The SMILES string of the molecule is CCCN1CCOC(C(NN)C2=CCCCC2)C1. The van der Waals surface area contributed by atoms with E-state index in [4.69, 9.17) is 10.6 Å². The van der Waals surface area contributed by atoms with Crippen LogP contribution in [0.25, 0.3) is 0 Å². The number of hydrazine groups is 1. The summed E-state index contributed by atoms with van der Waals surface area (Å²) < 4.78 is 5.94. The van der Waals surface area contributed by atoms with Crippen molar-refractivity contribution < 1.29 is 4.74 Å². The Morgan fingerprint density at radius 3 is 3.11 bits per heavy atom. The highest BCUT2D eigenvalue weighted by atomic mass is 16.5. The molecule has 1 heterocycles. The highest BCUT2D eigenvalue weighted by Crippen LogP contribution is 2.24. The van der Waals surface area contributed by atoms with Crippen LogP contribution in [0.2, 0.25) is 0 Å². The van der Waals surface area contributed by atoms with Crippen LogP contribution in [0.5, 0.6) is 0 Å². The van der Waals surface area contributed by atoms with Crippen LogP contribution in [-0.4, -0.2) is 43.3 Å². The van der Waals surface area contributed by atoms with Crippen molar-refractivity contribution >= 4 is 0 Å². The number of hydrogen-bond acceptors (Lipinski definition) is 4. The Kier molecular flexibility index (Phi) is 5.63. The maximum absolute atomic E-state index is 5.94. The zero-order valence-corrected chi connectivity index (χ0v) is 11.5. The second kappa shape index (κ2) is 7.24. The Balaban J connectivity index is 1.96. The predicted octanol–water partition coefficient (Wildman–Crippen LogP) is 1.43. The summed E-state index contributed by atoms with van der Waals surface area (Å²) in [5, 5.41) is 0. The molecule has 0 aromatic carbocycles. The molecule has 0 bridgehead atoms. The van der Waals surface area contributed by atoms with Crippen molar-refractivity contribution in [2.24, 2.45) is 5.84 Å². The van der Waals surface area contributed by atoms with E-state index in [0.29, 0.717) is 0 Å². The van der Waals surface area contributed by atoms with Crippen molar-refractivity contribution in [1.82, 2.24) is 10.3 Å². The van der Waals surface area contributed by atoms with E-state index in [1.165, 1.54) is 37.7 Å². The minimum atomic E-state index is 0.199. The number of morpholine rings is 1. The molecule has 0 spiro atoms. The molecule has 3 N–H and O–H groups in total. The Morgan fingerprint density at radius 1 is 1.56 bits per heavy atom. The summed E-state index contributed by atoms with van der Waals surface area (Å²) in [6.45, 7) is 6.28. The second-order valence-electron chi connectivity index (χ2n) is 5.38. The molecule has 104 valence electrons. The lowest BCUT2D eigenvalue weighted by Crippen LogP contribution is -2.54. The highest BCUT2D eigenvalue weighted by molar-refractivity contribution is 5.15. The molecule has 4 heteroatoms. The van der Waals surface area contributed by atoms with E-state index < -0.39 is 0 Å². The summed E-state index contributed by atoms with van der Waals surface area (Å²) in [6, 6.07) is 0.199. The number of rotatable bonds is 5. The molecule has 0 radical (unpaired) electrons. The molecule has 2 aliphatic rings. The fourth-order valence-electron chi connectivity index (χ4n) is 3.05. The molecule has 2 atom stereocenters. The lowest BCUT2D eigenvalue weighted by molar-refractivity contribution is -0.0410. The molecule has 0 saturated carbocycles. The summed E-state index contributed by atoms with van der Waals surface area (Å²) >= 11 is 0. The standard InChI is InChI=1S/C14H27N3O/c1-2-8-17-9-10-18-13(11-17)14(16-15)12-6-4-3-5-7-12/h6,13-14,16H,2-5,7-11,15H2,1H3. The maximum Gasteiger partial charge on any atom is 0.0906 e. The van der Waals surface area contributed by atoms with Crippen LogP contribution in [0, 0.1) is 0 Å². The fraction of sp³-hybridized carbons (Fsp3) is 0.857. The molecule has 18 heavy (non-hydrogen) atoms. The van der Waals surface area contributed by atoms with E-state index in [1.54, 1.807) is 0 Å². The first-order valence-corrected chi connectivity index (χ1v) is 7.34. The minimum absolute atomic E-state index is 0.199. The monoisotopic (exact) mass is 253 g/mol. The van der Waals surface area contributed by atoms with E-state index >= 15 is 0 Å². The van der Waals surface area contributed by atoms with Gasteiger partial charge in [-0.05, 0) is 38.6 Å². The van der Waals surface area contributed by atoms with Gasteiger partial charge in [-0.3, -0.25) is 16.2 Å². The van der Waals surface area contributed by atoms with Crippen LogP contribution in [0.3, 0.4) is 0 Å². The highest BCUT2D eigenvalue weighted by Gasteiger charge is 2.29. The number of nitrogens with one attached hydrogen (secondary N) is 1. The predicted molar refractivity (Wildman–Crippen MR) is 74.1 cm³/mol. The quantitative estimate of drug-likeness (QED) is 0.442. The lowest BCUT2D eigenvalue weighted by Gasteiger charge is -2.38. The van der Waals surface area contributed by atoms with Crippen molar-refractivity contribution in [3.05, 3.63) is 11.6 Å². The number of hydrogen-bond donors (Lipinski definition) is 2. The molecule has 0 aromatic heterocycles.